The predicted molar refractivity (Wildman–Crippen MR) is 64.5 cm³/mol. The first kappa shape index (κ1) is 10.7. The highest BCUT2D eigenvalue weighted by atomic mass is 32.1. The van der Waals surface area contributed by atoms with Crippen molar-refractivity contribution in [2.24, 2.45) is 0 Å². The monoisotopic (exact) mass is 256 g/mol. The number of H-pyrrole nitrogens is 2. The highest BCUT2D eigenvalue weighted by molar-refractivity contribution is 7.71. The molecule has 0 bridgehead atoms. The molecule has 1 aliphatic heterocycles. The van der Waals surface area contributed by atoms with Crippen molar-refractivity contribution in [2.45, 2.75) is 25.5 Å². The number of hydrogen-bond donors (Lipinski definition) is 2. The van der Waals surface area contributed by atoms with Crippen LogP contribution in [0.25, 0.3) is 11.2 Å². The van der Waals surface area contributed by atoms with E-state index in [1.54, 1.807) is 0 Å². The Labute approximate surface area is 102 Å². The molecule has 2 aromatic heterocycles. The van der Waals surface area contributed by atoms with Gasteiger partial charge in [-0.15, -0.1) is 0 Å². The van der Waals surface area contributed by atoms with Gasteiger partial charge in [-0.05, 0) is 25.1 Å². The summed E-state index contributed by atoms with van der Waals surface area (Å²) < 4.78 is 7.78. The van der Waals surface area contributed by atoms with E-state index in [2.05, 4.69) is 15.0 Å². The Hall–Kier alpha value is -1.47. The molecule has 1 aliphatic rings. The normalized spacial score (nSPS) is 20.1. The first-order valence-corrected chi connectivity index (χ1v) is 5.94. The summed E-state index contributed by atoms with van der Waals surface area (Å²) in [7, 11) is 0. The maximum Gasteiger partial charge on any atom is 0.277 e. The minimum atomic E-state index is -0.230. The lowest BCUT2D eigenvalue weighted by atomic mass is 10.2. The average Bonchev–Trinajstić information content (AvgIpc) is 2.95. The van der Waals surface area contributed by atoms with Gasteiger partial charge in [0.2, 0.25) is 0 Å². The lowest BCUT2D eigenvalue weighted by Crippen LogP contribution is -2.20. The minimum Gasteiger partial charge on any atom is -0.376 e. The Morgan fingerprint density at radius 3 is 3.29 bits per heavy atom. The molecule has 0 saturated carbocycles. The fraction of sp³-hybridized carbons (Fsp3) is 0.500. The van der Waals surface area contributed by atoms with Gasteiger partial charge in [0.05, 0.1) is 19.0 Å². The van der Waals surface area contributed by atoms with E-state index in [1.165, 1.54) is 6.33 Å². The largest absolute Gasteiger partial charge is 0.376 e. The Morgan fingerprint density at radius 1 is 1.65 bits per heavy atom. The lowest BCUT2D eigenvalue weighted by molar-refractivity contribution is 0.0972. The van der Waals surface area contributed by atoms with E-state index in [1.807, 2.05) is 4.57 Å². The molecule has 0 amide bonds. The van der Waals surface area contributed by atoms with Crippen LogP contribution in [0, 0.1) is 4.77 Å². The third-order valence-electron chi connectivity index (χ3n) is 2.98. The van der Waals surface area contributed by atoms with Crippen LogP contribution in [0.2, 0.25) is 0 Å². The number of hydrogen-bond acceptors (Lipinski definition) is 4. The van der Waals surface area contributed by atoms with Crippen molar-refractivity contribution in [3.05, 3.63) is 21.5 Å². The summed E-state index contributed by atoms with van der Waals surface area (Å²) >= 11 is 5.17. The Bertz CT molecular complexity index is 650. The molecule has 3 heterocycles. The van der Waals surface area contributed by atoms with E-state index in [0.29, 0.717) is 22.5 Å². The lowest BCUT2D eigenvalue weighted by Gasteiger charge is -2.12. The maximum atomic E-state index is 11.6. The van der Waals surface area contributed by atoms with Gasteiger partial charge in [0.1, 0.15) is 5.52 Å². The number of fused-ring (bicyclic) bond motifs is 1. The SMILES string of the molecule is O=c1[15nH][13c](=S)n(CC2CCCO2)c2n[13cH][15nH]c12. The van der Waals surface area contributed by atoms with Gasteiger partial charge >= 0.3 is 0 Å². The molecular formula is C10H12N4O2S. The van der Waals surface area contributed by atoms with Gasteiger partial charge in [0, 0.05) is 6.61 Å². The topological polar surface area (TPSA) is 75.7 Å². The second-order valence-corrected chi connectivity index (χ2v) is 4.49. The Balaban J connectivity index is 2.11. The van der Waals surface area contributed by atoms with Gasteiger partial charge in [-0.2, -0.15) is 0 Å². The minimum absolute atomic E-state index is 0.160. The third kappa shape index (κ3) is 1.81. The summed E-state index contributed by atoms with van der Waals surface area (Å²) in [6.07, 6.45) is 3.76. The number of rotatable bonds is 2. The maximum absolute atomic E-state index is 11.6. The van der Waals surface area contributed by atoms with E-state index in [-0.39, 0.29) is 11.7 Å². The summed E-state index contributed by atoms with van der Waals surface area (Å²) in [6, 6.07) is 0. The van der Waals surface area contributed by atoms with Crippen LogP contribution >= 0.6 is 12.2 Å². The zero-order chi connectivity index (χ0) is 11.8. The zero-order valence-corrected chi connectivity index (χ0v) is 9.92. The van der Waals surface area contributed by atoms with Crippen molar-refractivity contribution in [3.63, 3.8) is 0 Å². The Morgan fingerprint density at radius 2 is 2.53 bits per heavy atom. The van der Waals surface area contributed by atoms with Crippen LogP contribution in [0.1, 0.15) is 12.8 Å². The molecule has 3 rings (SSSR count). The van der Waals surface area contributed by atoms with Crippen molar-refractivity contribution < 1.29 is 4.74 Å². The van der Waals surface area contributed by atoms with E-state index < -0.39 is 0 Å². The fourth-order valence-corrected chi connectivity index (χ4v) is 2.40. The van der Waals surface area contributed by atoms with Gasteiger partial charge in [-0.1, -0.05) is 0 Å². The first-order valence-electron chi connectivity index (χ1n) is 5.53. The first-order chi connectivity index (χ1) is 8.25. The molecule has 7 heteroatoms. The van der Waals surface area contributed by atoms with Crippen LogP contribution in [0.15, 0.2) is 11.1 Å². The molecule has 0 radical (unpaired) electrons. The smallest absolute Gasteiger partial charge is 0.277 e. The molecule has 1 fully saturated rings. The molecule has 2 aromatic rings. The molecule has 0 aliphatic carbocycles. The second kappa shape index (κ2) is 4.08. The molecule has 0 spiro atoms. The number of aromatic amines is 2. The summed E-state index contributed by atoms with van der Waals surface area (Å²) in [5, 5.41) is 0. The summed E-state index contributed by atoms with van der Waals surface area (Å²) in [5.41, 5.74) is 0.817. The summed E-state index contributed by atoms with van der Waals surface area (Å²) in [5.74, 6) is 0. The fourth-order valence-electron chi connectivity index (χ4n) is 2.14. The quantitative estimate of drug-likeness (QED) is 0.785. The van der Waals surface area contributed by atoms with Gasteiger partial charge in [0.25, 0.3) is 5.56 Å². The van der Waals surface area contributed by atoms with Crippen LogP contribution in [-0.2, 0) is 11.3 Å². The van der Waals surface area contributed by atoms with Crippen molar-refractivity contribution in [1.82, 2.24) is 19.5 Å². The van der Waals surface area contributed by atoms with Gasteiger partial charge in [-0.25, -0.2) is 4.98 Å². The van der Waals surface area contributed by atoms with E-state index in [4.69, 9.17) is 17.0 Å². The van der Waals surface area contributed by atoms with E-state index >= 15 is 0 Å². The molecule has 2 N–H and O–H groups in total. The molecular weight excluding hydrogens is 244 g/mol. The van der Waals surface area contributed by atoms with Gasteiger partial charge < -0.3 is 9.72 Å². The predicted octanol–water partition coefficient (Wildman–Crippen LogP) is 0.961. The number of aromatic nitrogens is 4. The molecule has 1 atom stereocenters. The number of nitrogens with one attached hydrogen (secondary N) is 2. The molecule has 1 saturated heterocycles. The number of imidazole rings is 1. The van der Waals surface area contributed by atoms with Crippen LogP contribution < -0.4 is 5.56 Å². The second-order valence-electron chi connectivity index (χ2n) is 4.11. The molecule has 0 aromatic carbocycles. The van der Waals surface area contributed by atoms with Crippen molar-refractivity contribution in [2.75, 3.05) is 6.61 Å². The molecule has 17 heavy (non-hydrogen) atoms. The molecule has 90 valence electrons. The standard InChI is InChI=1S/C10H12N4O2S/c15-9-7-8(12-5-11-7)14(10(17)13-9)4-6-2-1-3-16-6/h5-6H,1-4H2,(H,11,12)(H,13,15,17)/i5+1,10+1,11+1,13+1. The van der Waals surface area contributed by atoms with Crippen molar-refractivity contribution in [3.8, 4) is 0 Å². The summed E-state index contributed by atoms with van der Waals surface area (Å²) in [6.45, 7) is 1.43. The Kier molecular flexibility index (Phi) is 2.56. The van der Waals surface area contributed by atoms with Crippen LogP contribution in [0.4, 0.5) is 0 Å². The highest BCUT2D eigenvalue weighted by Crippen LogP contribution is 2.15. The third-order valence-corrected chi connectivity index (χ3v) is 3.30. The zero-order valence-electron chi connectivity index (χ0n) is 9.10. The van der Waals surface area contributed by atoms with Crippen LogP contribution in [-0.4, -0.2) is 32.2 Å². The molecule has 6 nitrogen and oxygen atoms in total. The van der Waals surface area contributed by atoms with Crippen molar-refractivity contribution in [1.29, 1.82) is 0 Å². The van der Waals surface area contributed by atoms with Crippen LogP contribution in [0.3, 0.4) is 0 Å². The van der Waals surface area contributed by atoms with Crippen LogP contribution in [0.5, 0.6) is 0 Å². The van der Waals surface area contributed by atoms with Gasteiger partial charge in [-0.3, -0.25) is 14.3 Å². The number of nitrogens with zero attached hydrogens (tertiary/aromatic N) is 2. The summed E-state index contributed by atoms with van der Waals surface area (Å²) in [4.78, 5) is 21.2. The van der Waals surface area contributed by atoms with E-state index in [9.17, 15) is 4.79 Å². The molecule has 1 unspecified atom stereocenters. The van der Waals surface area contributed by atoms with E-state index in [0.717, 1.165) is 19.4 Å². The highest BCUT2D eigenvalue weighted by Gasteiger charge is 2.18. The average molecular weight is 256 g/mol. The number of ether oxygens (including phenoxy) is 1. The van der Waals surface area contributed by atoms with Crippen molar-refractivity contribution >= 4 is 23.4 Å². The van der Waals surface area contributed by atoms with Gasteiger partial charge in [0.15, 0.2) is 10.4 Å².